The number of carbonyl (C=O) groups excluding carboxylic acids is 1. The third-order valence-corrected chi connectivity index (χ3v) is 4.95. The van der Waals surface area contributed by atoms with E-state index in [9.17, 15) is 4.79 Å². The maximum atomic E-state index is 12.4. The van der Waals surface area contributed by atoms with E-state index in [1.807, 2.05) is 17.0 Å². The number of hydrogen-bond donors (Lipinski definition) is 0. The van der Waals surface area contributed by atoms with Crippen molar-refractivity contribution in [1.82, 2.24) is 15.1 Å². The van der Waals surface area contributed by atoms with E-state index in [-0.39, 0.29) is 11.3 Å². The van der Waals surface area contributed by atoms with Crippen molar-refractivity contribution in [1.29, 1.82) is 0 Å². The smallest absolute Gasteiger partial charge is 0.223 e. The van der Waals surface area contributed by atoms with Crippen molar-refractivity contribution in [3.8, 4) is 11.3 Å². The monoisotopic (exact) mass is 366 g/mol. The number of hydrogen-bond acceptors (Lipinski definition) is 4. The molecule has 0 N–H and O–H groups in total. The predicted octanol–water partition coefficient (Wildman–Crippen LogP) is 3.79. The summed E-state index contributed by atoms with van der Waals surface area (Å²) in [5.41, 5.74) is 3.33. The van der Waals surface area contributed by atoms with Crippen LogP contribution in [0.15, 0.2) is 36.4 Å². The van der Waals surface area contributed by atoms with Crippen LogP contribution in [0.2, 0.25) is 0 Å². The zero-order valence-corrected chi connectivity index (χ0v) is 16.9. The third-order valence-electron chi connectivity index (χ3n) is 4.95. The zero-order chi connectivity index (χ0) is 19.4. The molecule has 1 fully saturated rings. The van der Waals surface area contributed by atoms with Crippen molar-refractivity contribution < 1.29 is 4.79 Å². The summed E-state index contributed by atoms with van der Waals surface area (Å²) in [4.78, 5) is 16.6. The van der Waals surface area contributed by atoms with Crippen LogP contribution in [0.4, 0.5) is 5.82 Å². The van der Waals surface area contributed by atoms with Crippen LogP contribution in [-0.2, 0) is 11.2 Å². The van der Waals surface area contributed by atoms with Gasteiger partial charge in [0.25, 0.3) is 0 Å². The van der Waals surface area contributed by atoms with Crippen molar-refractivity contribution in [2.75, 3.05) is 31.1 Å². The summed E-state index contributed by atoms with van der Waals surface area (Å²) in [6.45, 7) is 11.6. The minimum Gasteiger partial charge on any atom is -0.352 e. The first kappa shape index (κ1) is 19.3. The molecular formula is C22H30N4O. The SMILES string of the molecule is CCc1ccc(-c2ccc(N3CCN(C(=O)CC(C)(C)C)CC3)nn2)cc1. The first-order valence-corrected chi connectivity index (χ1v) is 9.81. The second-order valence-corrected chi connectivity index (χ2v) is 8.43. The first-order valence-electron chi connectivity index (χ1n) is 9.81. The average molecular weight is 367 g/mol. The van der Waals surface area contributed by atoms with Gasteiger partial charge in [-0.05, 0) is 29.5 Å². The Bertz CT molecular complexity index is 754. The Morgan fingerprint density at radius 3 is 2.15 bits per heavy atom. The summed E-state index contributed by atoms with van der Waals surface area (Å²) >= 11 is 0. The molecule has 2 heterocycles. The van der Waals surface area contributed by atoms with Gasteiger partial charge in [-0.15, -0.1) is 10.2 Å². The summed E-state index contributed by atoms with van der Waals surface area (Å²) in [5.74, 6) is 1.13. The molecule has 0 saturated carbocycles. The van der Waals surface area contributed by atoms with E-state index in [0.29, 0.717) is 6.42 Å². The number of aromatic nitrogens is 2. The Labute approximate surface area is 162 Å². The quantitative estimate of drug-likeness (QED) is 0.826. The van der Waals surface area contributed by atoms with E-state index in [4.69, 9.17) is 0 Å². The number of aryl methyl sites for hydroxylation is 1. The summed E-state index contributed by atoms with van der Waals surface area (Å²) in [6.07, 6.45) is 1.63. The van der Waals surface area contributed by atoms with Gasteiger partial charge in [0.1, 0.15) is 0 Å². The van der Waals surface area contributed by atoms with Crippen LogP contribution in [-0.4, -0.2) is 47.2 Å². The molecule has 1 aromatic heterocycles. The molecule has 5 heteroatoms. The Morgan fingerprint density at radius 2 is 1.63 bits per heavy atom. The molecule has 0 bridgehead atoms. The van der Waals surface area contributed by atoms with E-state index < -0.39 is 0 Å². The van der Waals surface area contributed by atoms with Gasteiger partial charge in [0, 0.05) is 38.2 Å². The highest BCUT2D eigenvalue weighted by Gasteiger charge is 2.25. The fourth-order valence-corrected chi connectivity index (χ4v) is 3.31. The van der Waals surface area contributed by atoms with E-state index >= 15 is 0 Å². The van der Waals surface area contributed by atoms with Crippen molar-refractivity contribution >= 4 is 11.7 Å². The van der Waals surface area contributed by atoms with Gasteiger partial charge in [-0.25, -0.2) is 0 Å². The van der Waals surface area contributed by atoms with Crippen LogP contribution < -0.4 is 4.90 Å². The average Bonchev–Trinajstić information content (AvgIpc) is 2.67. The normalized spacial score (nSPS) is 15.1. The minimum atomic E-state index is 0.0326. The molecule has 2 aromatic rings. The van der Waals surface area contributed by atoms with Crippen molar-refractivity contribution in [3.63, 3.8) is 0 Å². The molecule has 0 radical (unpaired) electrons. The molecule has 1 aromatic carbocycles. The Hall–Kier alpha value is -2.43. The Balaban J connectivity index is 1.59. The van der Waals surface area contributed by atoms with Gasteiger partial charge < -0.3 is 9.80 Å². The third kappa shape index (κ3) is 5.06. The van der Waals surface area contributed by atoms with Gasteiger partial charge in [-0.2, -0.15) is 0 Å². The lowest BCUT2D eigenvalue weighted by Gasteiger charge is -2.36. The van der Waals surface area contributed by atoms with Gasteiger partial charge in [0.2, 0.25) is 5.91 Å². The van der Waals surface area contributed by atoms with Crippen LogP contribution in [0.3, 0.4) is 0 Å². The first-order chi connectivity index (χ1) is 12.9. The fourth-order valence-electron chi connectivity index (χ4n) is 3.31. The molecule has 1 saturated heterocycles. The van der Waals surface area contributed by atoms with Gasteiger partial charge >= 0.3 is 0 Å². The van der Waals surface area contributed by atoms with E-state index in [1.165, 1.54) is 5.56 Å². The Morgan fingerprint density at radius 1 is 0.963 bits per heavy atom. The number of anilines is 1. The molecule has 0 atom stereocenters. The van der Waals surface area contributed by atoms with Crippen molar-refractivity contribution in [2.45, 2.75) is 40.5 Å². The molecule has 0 aliphatic carbocycles. The topological polar surface area (TPSA) is 49.3 Å². The highest BCUT2D eigenvalue weighted by atomic mass is 16.2. The molecule has 3 rings (SSSR count). The number of benzene rings is 1. The van der Waals surface area contributed by atoms with Gasteiger partial charge in [0.15, 0.2) is 5.82 Å². The molecule has 1 aliphatic rings. The van der Waals surface area contributed by atoms with Crippen LogP contribution in [0.25, 0.3) is 11.3 Å². The van der Waals surface area contributed by atoms with E-state index in [2.05, 4.69) is 67.1 Å². The molecule has 0 spiro atoms. The second kappa shape index (κ2) is 8.07. The van der Waals surface area contributed by atoms with Gasteiger partial charge in [-0.1, -0.05) is 52.0 Å². The molecule has 1 amide bonds. The predicted molar refractivity (Wildman–Crippen MR) is 110 cm³/mol. The molecular weight excluding hydrogens is 336 g/mol. The summed E-state index contributed by atoms with van der Waals surface area (Å²) in [5, 5.41) is 8.83. The van der Waals surface area contributed by atoms with Crippen LogP contribution >= 0.6 is 0 Å². The van der Waals surface area contributed by atoms with Crippen LogP contribution in [0.1, 0.15) is 39.7 Å². The highest BCUT2D eigenvalue weighted by Crippen LogP contribution is 2.22. The summed E-state index contributed by atoms with van der Waals surface area (Å²) in [6, 6.07) is 12.5. The lowest BCUT2D eigenvalue weighted by atomic mass is 9.91. The number of nitrogens with zero attached hydrogens (tertiary/aromatic N) is 4. The molecule has 144 valence electrons. The lowest BCUT2D eigenvalue weighted by molar-refractivity contribution is -0.133. The Kier molecular flexibility index (Phi) is 5.78. The number of rotatable bonds is 4. The highest BCUT2D eigenvalue weighted by molar-refractivity contribution is 5.77. The standard InChI is InChI=1S/C22H30N4O/c1-5-17-6-8-18(9-7-17)19-10-11-20(24-23-19)25-12-14-26(15-13-25)21(27)16-22(2,3)4/h6-11H,5,12-16H2,1-4H3. The minimum absolute atomic E-state index is 0.0326. The maximum absolute atomic E-state index is 12.4. The van der Waals surface area contributed by atoms with Crippen molar-refractivity contribution in [3.05, 3.63) is 42.0 Å². The van der Waals surface area contributed by atoms with Crippen LogP contribution in [0, 0.1) is 5.41 Å². The molecule has 5 nitrogen and oxygen atoms in total. The summed E-state index contributed by atoms with van der Waals surface area (Å²) < 4.78 is 0. The van der Waals surface area contributed by atoms with E-state index in [1.54, 1.807) is 0 Å². The molecule has 0 unspecified atom stereocenters. The maximum Gasteiger partial charge on any atom is 0.223 e. The zero-order valence-electron chi connectivity index (χ0n) is 16.9. The molecule has 1 aliphatic heterocycles. The lowest BCUT2D eigenvalue weighted by Crippen LogP contribution is -2.49. The number of amides is 1. The van der Waals surface area contributed by atoms with Gasteiger partial charge in [0.05, 0.1) is 5.69 Å². The van der Waals surface area contributed by atoms with Crippen LogP contribution in [0.5, 0.6) is 0 Å². The van der Waals surface area contributed by atoms with Crippen molar-refractivity contribution in [2.24, 2.45) is 5.41 Å². The summed E-state index contributed by atoms with van der Waals surface area (Å²) in [7, 11) is 0. The second-order valence-electron chi connectivity index (χ2n) is 8.43. The number of piperazine rings is 1. The number of carbonyl (C=O) groups is 1. The largest absolute Gasteiger partial charge is 0.352 e. The molecule has 27 heavy (non-hydrogen) atoms. The van der Waals surface area contributed by atoms with E-state index in [0.717, 1.165) is 49.7 Å². The fraction of sp³-hybridized carbons (Fsp3) is 0.500. The van der Waals surface area contributed by atoms with Gasteiger partial charge in [-0.3, -0.25) is 4.79 Å².